The highest BCUT2D eigenvalue weighted by Gasteiger charge is 2.21. The van der Waals surface area contributed by atoms with Crippen molar-refractivity contribution in [2.75, 3.05) is 38.7 Å². The van der Waals surface area contributed by atoms with Crippen molar-refractivity contribution in [3.63, 3.8) is 0 Å². The fourth-order valence-corrected chi connectivity index (χ4v) is 2.75. The smallest absolute Gasteiger partial charge is 0.274 e. The third kappa shape index (κ3) is 4.12. The van der Waals surface area contributed by atoms with E-state index in [4.69, 9.17) is 21.1 Å². The number of rotatable bonds is 4. The number of pyridine rings is 1. The number of benzene rings is 1. The van der Waals surface area contributed by atoms with E-state index in [1.807, 2.05) is 0 Å². The minimum atomic E-state index is -0.456. The number of hydrogen-bond donors (Lipinski definition) is 1. The van der Waals surface area contributed by atoms with Gasteiger partial charge in [-0.2, -0.15) is 0 Å². The minimum Gasteiger partial charge on any atom is -0.495 e. The van der Waals surface area contributed by atoms with Crippen LogP contribution in [0.1, 0.15) is 21.0 Å². The number of halogens is 1. The Kier molecular flexibility index (Phi) is 5.70. The molecule has 0 aliphatic carbocycles. The number of ether oxygens (including phenoxy) is 2. The third-order valence-corrected chi connectivity index (χ3v) is 4.14. The molecule has 0 saturated carbocycles. The van der Waals surface area contributed by atoms with E-state index in [2.05, 4.69) is 10.3 Å². The summed E-state index contributed by atoms with van der Waals surface area (Å²) in [6, 6.07) is 9.67. The largest absolute Gasteiger partial charge is 0.495 e. The first-order valence-electron chi connectivity index (χ1n) is 8.07. The van der Waals surface area contributed by atoms with Gasteiger partial charge in [0, 0.05) is 18.1 Å². The molecule has 1 aromatic heterocycles. The lowest BCUT2D eigenvalue weighted by Gasteiger charge is -2.26. The molecule has 1 N–H and O–H groups in total. The number of carbonyl (C=O) groups excluding carboxylic acids is 2. The summed E-state index contributed by atoms with van der Waals surface area (Å²) in [6.45, 7) is 2.02. The second-order valence-corrected chi connectivity index (χ2v) is 6.05. The van der Waals surface area contributed by atoms with Gasteiger partial charge in [-0.3, -0.25) is 9.59 Å². The standard InChI is InChI=1S/C18H18ClN3O4/c1-25-16-6-5-12(19)11-15(16)21-17(23)13-3-2-4-14(20-13)18(24)22-7-9-26-10-8-22/h2-6,11H,7-10H2,1H3,(H,21,23). The molecular weight excluding hydrogens is 358 g/mol. The number of hydrogen-bond acceptors (Lipinski definition) is 5. The summed E-state index contributed by atoms with van der Waals surface area (Å²) in [6.07, 6.45) is 0. The van der Waals surface area contributed by atoms with Crippen LogP contribution in [0, 0.1) is 0 Å². The number of amides is 2. The average Bonchev–Trinajstić information content (AvgIpc) is 2.68. The number of morpholine rings is 1. The number of carbonyl (C=O) groups is 2. The van der Waals surface area contributed by atoms with E-state index in [1.54, 1.807) is 41.3 Å². The van der Waals surface area contributed by atoms with Gasteiger partial charge >= 0.3 is 0 Å². The lowest BCUT2D eigenvalue weighted by molar-refractivity contribution is 0.0299. The molecule has 1 saturated heterocycles. The molecule has 0 radical (unpaired) electrons. The first-order valence-corrected chi connectivity index (χ1v) is 8.45. The molecule has 3 rings (SSSR count). The normalized spacial score (nSPS) is 14.0. The molecule has 8 heteroatoms. The van der Waals surface area contributed by atoms with E-state index in [0.717, 1.165) is 0 Å². The van der Waals surface area contributed by atoms with Gasteiger partial charge in [0.2, 0.25) is 0 Å². The second-order valence-electron chi connectivity index (χ2n) is 5.61. The van der Waals surface area contributed by atoms with Gasteiger partial charge in [0.1, 0.15) is 17.1 Å². The molecule has 2 aromatic rings. The molecule has 1 fully saturated rings. The van der Waals surface area contributed by atoms with Crippen LogP contribution in [0.3, 0.4) is 0 Å². The van der Waals surface area contributed by atoms with E-state index < -0.39 is 5.91 Å². The summed E-state index contributed by atoms with van der Waals surface area (Å²) in [4.78, 5) is 30.9. The lowest BCUT2D eigenvalue weighted by atomic mass is 10.2. The SMILES string of the molecule is COc1ccc(Cl)cc1NC(=O)c1cccc(C(=O)N2CCOCC2)n1. The van der Waals surface area contributed by atoms with Crippen LogP contribution in [0.2, 0.25) is 5.02 Å². The summed E-state index contributed by atoms with van der Waals surface area (Å²) in [5.74, 6) is -0.200. The van der Waals surface area contributed by atoms with Crippen molar-refractivity contribution in [1.29, 1.82) is 0 Å². The van der Waals surface area contributed by atoms with Crippen molar-refractivity contribution in [2.24, 2.45) is 0 Å². The maximum atomic E-state index is 12.5. The molecule has 0 spiro atoms. The number of nitrogens with zero attached hydrogens (tertiary/aromatic N) is 2. The van der Waals surface area contributed by atoms with Crippen molar-refractivity contribution >= 4 is 29.1 Å². The van der Waals surface area contributed by atoms with Crippen LogP contribution in [-0.2, 0) is 4.74 Å². The van der Waals surface area contributed by atoms with Gasteiger partial charge in [0.25, 0.3) is 11.8 Å². The average molecular weight is 376 g/mol. The molecule has 26 heavy (non-hydrogen) atoms. The Bertz CT molecular complexity index is 822. The second kappa shape index (κ2) is 8.16. The summed E-state index contributed by atoms with van der Waals surface area (Å²) in [7, 11) is 1.50. The van der Waals surface area contributed by atoms with E-state index in [1.165, 1.54) is 7.11 Å². The van der Waals surface area contributed by atoms with Crippen molar-refractivity contribution in [3.05, 3.63) is 52.8 Å². The van der Waals surface area contributed by atoms with Gasteiger partial charge in [-0.1, -0.05) is 17.7 Å². The Morgan fingerprint density at radius 2 is 1.92 bits per heavy atom. The van der Waals surface area contributed by atoms with Crippen molar-refractivity contribution in [2.45, 2.75) is 0 Å². The summed E-state index contributed by atoms with van der Waals surface area (Å²) >= 11 is 5.97. The highest BCUT2D eigenvalue weighted by Crippen LogP contribution is 2.28. The Morgan fingerprint density at radius 3 is 2.65 bits per heavy atom. The summed E-state index contributed by atoms with van der Waals surface area (Å²) in [5, 5.41) is 3.17. The Labute approximate surface area is 155 Å². The molecule has 0 atom stereocenters. The van der Waals surface area contributed by atoms with Crippen LogP contribution >= 0.6 is 11.6 Å². The van der Waals surface area contributed by atoms with Crippen LogP contribution in [0.4, 0.5) is 5.69 Å². The maximum absolute atomic E-state index is 12.5. The number of methoxy groups -OCH3 is 1. The molecule has 1 aromatic carbocycles. The van der Waals surface area contributed by atoms with Gasteiger partial charge in [0.15, 0.2) is 0 Å². The van der Waals surface area contributed by atoms with Crippen LogP contribution in [0.15, 0.2) is 36.4 Å². The van der Waals surface area contributed by atoms with Crippen molar-refractivity contribution < 1.29 is 19.1 Å². The molecule has 2 amide bonds. The van der Waals surface area contributed by atoms with E-state index >= 15 is 0 Å². The molecule has 7 nitrogen and oxygen atoms in total. The molecule has 136 valence electrons. The predicted molar refractivity (Wildman–Crippen MR) is 96.9 cm³/mol. The number of anilines is 1. The molecule has 0 unspecified atom stereocenters. The number of nitrogens with one attached hydrogen (secondary N) is 1. The lowest BCUT2D eigenvalue weighted by Crippen LogP contribution is -2.41. The van der Waals surface area contributed by atoms with Crippen LogP contribution < -0.4 is 10.1 Å². The Morgan fingerprint density at radius 1 is 1.19 bits per heavy atom. The minimum absolute atomic E-state index is 0.131. The Balaban J connectivity index is 1.78. The first kappa shape index (κ1) is 18.2. The topological polar surface area (TPSA) is 80.8 Å². The van der Waals surface area contributed by atoms with E-state index in [0.29, 0.717) is 42.8 Å². The molecular formula is C18H18ClN3O4. The van der Waals surface area contributed by atoms with Gasteiger partial charge in [0.05, 0.1) is 26.0 Å². The van der Waals surface area contributed by atoms with Crippen molar-refractivity contribution in [3.8, 4) is 5.75 Å². The molecule has 1 aliphatic rings. The van der Waals surface area contributed by atoms with Crippen LogP contribution in [-0.4, -0.2) is 55.1 Å². The van der Waals surface area contributed by atoms with Crippen LogP contribution in [0.25, 0.3) is 0 Å². The quantitative estimate of drug-likeness (QED) is 0.887. The zero-order valence-corrected chi connectivity index (χ0v) is 15.0. The maximum Gasteiger partial charge on any atom is 0.274 e. The molecule has 1 aliphatic heterocycles. The fourth-order valence-electron chi connectivity index (χ4n) is 2.57. The van der Waals surface area contributed by atoms with Gasteiger partial charge in [-0.05, 0) is 30.3 Å². The van der Waals surface area contributed by atoms with E-state index in [-0.39, 0.29) is 17.3 Å². The first-order chi connectivity index (χ1) is 12.6. The zero-order chi connectivity index (χ0) is 18.5. The predicted octanol–water partition coefficient (Wildman–Crippen LogP) is 2.47. The molecule has 0 bridgehead atoms. The Hall–Kier alpha value is -2.64. The summed E-state index contributed by atoms with van der Waals surface area (Å²) < 4.78 is 10.5. The highest BCUT2D eigenvalue weighted by atomic mass is 35.5. The van der Waals surface area contributed by atoms with Gasteiger partial charge in [-0.25, -0.2) is 4.98 Å². The zero-order valence-electron chi connectivity index (χ0n) is 14.2. The molecule has 2 heterocycles. The van der Waals surface area contributed by atoms with Gasteiger partial charge in [-0.15, -0.1) is 0 Å². The highest BCUT2D eigenvalue weighted by molar-refractivity contribution is 6.31. The number of aromatic nitrogens is 1. The summed E-state index contributed by atoms with van der Waals surface area (Å²) in [5.41, 5.74) is 0.778. The van der Waals surface area contributed by atoms with Crippen LogP contribution in [0.5, 0.6) is 5.75 Å². The van der Waals surface area contributed by atoms with Gasteiger partial charge < -0.3 is 19.7 Å². The fraction of sp³-hybridized carbons (Fsp3) is 0.278. The van der Waals surface area contributed by atoms with Crippen molar-refractivity contribution in [1.82, 2.24) is 9.88 Å². The van der Waals surface area contributed by atoms with E-state index in [9.17, 15) is 9.59 Å². The monoisotopic (exact) mass is 375 g/mol. The third-order valence-electron chi connectivity index (χ3n) is 3.91.